The Morgan fingerprint density at radius 1 is 1.21 bits per heavy atom. The molecule has 160 valence electrons. The number of carbonyl (C=O) groups is 1. The van der Waals surface area contributed by atoms with Crippen LogP contribution in [0, 0.1) is 0 Å². The maximum atomic E-state index is 13.4. The Labute approximate surface area is 167 Å². The van der Waals surface area contributed by atoms with Crippen molar-refractivity contribution in [3.8, 4) is 5.75 Å². The van der Waals surface area contributed by atoms with Crippen LogP contribution in [0.15, 0.2) is 10.6 Å². The van der Waals surface area contributed by atoms with E-state index in [4.69, 9.17) is 14.0 Å². The Morgan fingerprint density at radius 3 is 2.41 bits per heavy atom. The SMILES string of the molecule is CCCc1cc2c(C(F)(F)F)noc2c(CCC)c1OC1(C(=O)OC)CCCC1. The third-order valence-corrected chi connectivity index (χ3v) is 5.44. The number of ether oxygens (including phenoxy) is 2. The summed E-state index contributed by atoms with van der Waals surface area (Å²) < 4.78 is 56.7. The van der Waals surface area contributed by atoms with Crippen molar-refractivity contribution in [1.82, 2.24) is 5.16 Å². The number of alkyl halides is 3. The molecule has 0 atom stereocenters. The predicted molar refractivity (Wildman–Crippen MR) is 101 cm³/mol. The third-order valence-electron chi connectivity index (χ3n) is 5.44. The molecule has 1 aliphatic rings. The normalized spacial score (nSPS) is 16.3. The van der Waals surface area contributed by atoms with Gasteiger partial charge >= 0.3 is 12.1 Å². The molecule has 1 fully saturated rings. The molecule has 0 N–H and O–H groups in total. The molecule has 1 aromatic heterocycles. The summed E-state index contributed by atoms with van der Waals surface area (Å²) in [5.74, 6) is -0.00748. The van der Waals surface area contributed by atoms with Gasteiger partial charge in [-0.15, -0.1) is 0 Å². The smallest absolute Gasteiger partial charge is 0.437 e. The van der Waals surface area contributed by atoms with Crippen molar-refractivity contribution in [2.45, 2.75) is 77.0 Å². The van der Waals surface area contributed by atoms with E-state index in [9.17, 15) is 18.0 Å². The monoisotopic (exact) mass is 413 g/mol. The van der Waals surface area contributed by atoms with E-state index >= 15 is 0 Å². The molecule has 8 heteroatoms. The van der Waals surface area contributed by atoms with Gasteiger partial charge in [0.15, 0.2) is 11.3 Å². The number of benzene rings is 1. The molecular formula is C21H26F3NO4. The molecule has 0 saturated heterocycles. The summed E-state index contributed by atoms with van der Waals surface area (Å²) in [5.41, 5.74) is -0.899. The zero-order valence-corrected chi connectivity index (χ0v) is 16.9. The molecule has 5 nitrogen and oxygen atoms in total. The molecule has 0 aliphatic heterocycles. The van der Waals surface area contributed by atoms with Crippen LogP contribution in [0.3, 0.4) is 0 Å². The molecule has 1 saturated carbocycles. The molecule has 1 heterocycles. The van der Waals surface area contributed by atoms with Crippen LogP contribution in [-0.4, -0.2) is 23.8 Å². The minimum Gasteiger partial charge on any atom is -0.475 e. The number of aromatic nitrogens is 1. The molecule has 0 spiro atoms. The second kappa shape index (κ2) is 8.24. The quantitative estimate of drug-likeness (QED) is 0.552. The average Bonchev–Trinajstić information content (AvgIpc) is 3.31. The van der Waals surface area contributed by atoms with Crippen molar-refractivity contribution >= 4 is 16.9 Å². The van der Waals surface area contributed by atoms with Crippen LogP contribution in [0.1, 0.15) is 69.2 Å². The summed E-state index contributed by atoms with van der Waals surface area (Å²) in [6, 6.07) is 1.45. The minimum atomic E-state index is -4.61. The maximum Gasteiger partial charge on any atom is 0.437 e. The van der Waals surface area contributed by atoms with Crippen LogP contribution in [0.5, 0.6) is 5.75 Å². The van der Waals surface area contributed by atoms with E-state index in [1.807, 2.05) is 13.8 Å². The molecular weight excluding hydrogens is 387 g/mol. The van der Waals surface area contributed by atoms with Gasteiger partial charge in [-0.25, -0.2) is 4.79 Å². The lowest BCUT2D eigenvalue weighted by Gasteiger charge is -2.30. The van der Waals surface area contributed by atoms with E-state index in [1.54, 1.807) is 0 Å². The standard InChI is InChI=1S/C21H26F3NO4/c1-4-8-13-12-15-17(29-25-18(15)21(22,23)24)14(9-5-2)16(13)28-20(19(26)27-3)10-6-7-11-20/h12H,4-11H2,1-3H3. The van der Waals surface area contributed by atoms with Crippen LogP contribution in [0.2, 0.25) is 0 Å². The van der Waals surface area contributed by atoms with Crippen LogP contribution in [0.4, 0.5) is 13.2 Å². The number of hydrogen-bond donors (Lipinski definition) is 0. The van der Waals surface area contributed by atoms with Gasteiger partial charge in [0.05, 0.1) is 12.5 Å². The number of halogens is 3. The molecule has 0 radical (unpaired) electrons. The first-order valence-electron chi connectivity index (χ1n) is 10.1. The summed E-state index contributed by atoms with van der Waals surface area (Å²) in [6.07, 6.45) is 0.417. The van der Waals surface area contributed by atoms with Crippen molar-refractivity contribution in [2.24, 2.45) is 0 Å². The van der Waals surface area contributed by atoms with E-state index < -0.39 is 23.4 Å². The molecule has 29 heavy (non-hydrogen) atoms. The number of carbonyl (C=O) groups excluding carboxylic acids is 1. The summed E-state index contributed by atoms with van der Waals surface area (Å²) >= 11 is 0. The Hall–Kier alpha value is -2.25. The molecule has 0 amide bonds. The highest BCUT2D eigenvalue weighted by Crippen LogP contribution is 2.44. The van der Waals surface area contributed by atoms with E-state index in [1.165, 1.54) is 13.2 Å². The van der Waals surface area contributed by atoms with E-state index in [-0.39, 0.29) is 11.0 Å². The number of esters is 1. The van der Waals surface area contributed by atoms with E-state index in [2.05, 4.69) is 5.16 Å². The summed E-state index contributed by atoms with van der Waals surface area (Å²) in [6.45, 7) is 3.87. The summed E-state index contributed by atoms with van der Waals surface area (Å²) in [5, 5.41) is 3.25. The van der Waals surface area contributed by atoms with Gasteiger partial charge < -0.3 is 14.0 Å². The number of fused-ring (bicyclic) bond motifs is 1. The highest BCUT2D eigenvalue weighted by Gasteiger charge is 2.46. The van der Waals surface area contributed by atoms with Gasteiger partial charge in [-0.2, -0.15) is 13.2 Å². The van der Waals surface area contributed by atoms with Crippen LogP contribution in [-0.2, 0) is 28.5 Å². The lowest BCUT2D eigenvalue weighted by atomic mass is 9.96. The third kappa shape index (κ3) is 3.94. The molecule has 0 unspecified atom stereocenters. The largest absolute Gasteiger partial charge is 0.475 e. The average molecular weight is 413 g/mol. The van der Waals surface area contributed by atoms with Crippen molar-refractivity contribution in [1.29, 1.82) is 0 Å². The van der Waals surface area contributed by atoms with Crippen molar-refractivity contribution in [3.63, 3.8) is 0 Å². The van der Waals surface area contributed by atoms with Gasteiger partial charge in [-0.1, -0.05) is 31.8 Å². The van der Waals surface area contributed by atoms with E-state index in [0.717, 1.165) is 12.8 Å². The van der Waals surface area contributed by atoms with Gasteiger partial charge in [-0.3, -0.25) is 0 Å². The number of methoxy groups -OCH3 is 1. The number of nitrogens with zero attached hydrogens (tertiary/aromatic N) is 1. The maximum absolute atomic E-state index is 13.4. The first kappa shape index (κ1) is 21.5. The molecule has 0 bridgehead atoms. The minimum absolute atomic E-state index is 0.0599. The second-order valence-corrected chi connectivity index (χ2v) is 7.54. The van der Waals surface area contributed by atoms with Gasteiger partial charge in [-0.05, 0) is 50.2 Å². The highest BCUT2D eigenvalue weighted by atomic mass is 19.4. The van der Waals surface area contributed by atoms with Crippen LogP contribution < -0.4 is 4.74 Å². The number of hydrogen-bond acceptors (Lipinski definition) is 5. The van der Waals surface area contributed by atoms with Crippen molar-refractivity contribution < 1.29 is 32.0 Å². The van der Waals surface area contributed by atoms with E-state index in [0.29, 0.717) is 55.4 Å². The van der Waals surface area contributed by atoms with Crippen molar-refractivity contribution in [3.05, 3.63) is 22.9 Å². The highest BCUT2D eigenvalue weighted by molar-refractivity contribution is 5.87. The van der Waals surface area contributed by atoms with Gasteiger partial charge in [0, 0.05) is 5.56 Å². The number of rotatable bonds is 7. The van der Waals surface area contributed by atoms with Gasteiger partial charge in [0.2, 0.25) is 5.60 Å². The fourth-order valence-electron chi connectivity index (χ4n) is 4.12. The molecule has 2 aromatic rings. The number of aryl methyl sites for hydroxylation is 2. The summed E-state index contributed by atoms with van der Waals surface area (Å²) in [7, 11) is 1.32. The lowest BCUT2D eigenvalue weighted by molar-refractivity contribution is -0.158. The predicted octanol–water partition coefficient (Wildman–Crippen LogP) is 5.62. The van der Waals surface area contributed by atoms with Gasteiger partial charge in [0.1, 0.15) is 5.75 Å². The molecule has 1 aromatic carbocycles. The van der Waals surface area contributed by atoms with Crippen molar-refractivity contribution in [2.75, 3.05) is 7.11 Å². The molecule has 1 aliphatic carbocycles. The topological polar surface area (TPSA) is 61.6 Å². The fourth-order valence-corrected chi connectivity index (χ4v) is 4.12. The van der Waals surface area contributed by atoms with Crippen LogP contribution in [0.25, 0.3) is 11.0 Å². The van der Waals surface area contributed by atoms with Gasteiger partial charge in [0.25, 0.3) is 0 Å². The second-order valence-electron chi connectivity index (χ2n) is 7.54. The zero-order chi connectivity index (χ0) is 21.2. The molecule has 3 rings (SSSR count). The zero-order valence-electron chi connectivity index (χ0n) is 16.9. The Kier molecular flexibility index (Phi) is 6.10. The Bertz CT molecular complexity index is 882. The first-order chi connectivity index (χ1) is 13.8. The van der Waals surface area contributed by atoms with Crippen LogP contribution >= 0.6 is 0 Å². The first-order valence-corrected chi connectivity index (χ1v) is 10.1. The Morgan fingerprint density at radius 2 is 1.86 bits per heavy atom. The Balaban J connectivity index is 2.22. The summed E-state index contributed by atoms with van der Waals surface area (Å²) in [4.78, 5) is 12.5. The fraction of sp³-hybridized carbons (Fsp3) is 0.619. The lowest BCUT2D eigenvalue weighted by Crippen LogP contribution is -2.43.